The summed E-state index contributed by atoms with van der Waals surface area (Å²) in [4.78, 5) is 0. The number of rotatable bonds is 6. The van der Waals surface area contributed by atoms with Gasteiger partial charge in [-0.05, 0) is 38.5 Å². The number of nitrogens with two attached hydrogens (primary N) is 1. The molecule has 0 radical (unpaired) electrons. The molecular formula is C14H26N2O. The molecule has 3 nitrogen and oxygen atoms in total. The maximum absolute atomic E-state index is 8.81. The van der Waals surface area contributed by atoms with E-state index >= 15 is 0 Å². The van der Waals surface area contributed by atoms with Gasteiger partial charge in [0.25, 0.3) is 0 Å². The zero-order chi connectivity index (χ0) is 12.7. The van der Waals surface area contributed by atoms with Gasteiger partial charge in [0, 0.05) is 6.61 Å². The minimum Gasteiger partial charge on any atom is -0.378 e. The summed E-state index contributed by atoms with van der Waals surface area (Å²) in [5, 5.41) is 8.81. The number of hydrogen-bond acceptors (Lipinski definition) is 3. The van der Waals surface area contributed by atoms with Crippen molar-refractivity contribution in [2.24, 2.45) is 11.7 Å². The fourth-order valence-corrected chi connectivity index (χ4v) is 2.59. The SMILES string of the molecule is CCC1CCCCC1OCCCC(C)(N)C#N. The van der Waals surface area contributed by atoms with Crippen LogP contribution in [0.2, 0.25) is 0 Å². The molecule has 0 spiro atoms. The van der Waals surface area contributed by atoms with Gasteiger partial charge in [-0.15, -0.1) is 0 Å². The summed E-state index contributed by atoms with van der Waals surface area (Å²) >= 11 is 0. The monoisotopic (exact) mass is 238 g/mol. The van der Waals surface area contributed by atoms with Gasteiger partial charge in [0.2, 0.25) is 0 Å². The summed E-state index contributed by atoms with van der Waals surface area (Å²) in [6, 6.07) is 2.12. The molecule has 3 unspecified atom stereocenters. The van der Waals surface area contributed by atoms with Gasteiger partial charge < -0.3 is 10.5 Å². The van der Waals surface area contributed by atoms with Crippen molar-refractivity contribution in [1.82, 2.24) is 0 Å². The maximum Gasteiger partial charge on any atom is 0.101 e. The molecule has 2 N–H and O–H groups in total. The molecule has 0 saturated heterocycles. The topological polar surface area (TPSA) is 59.0 Å². The van der Waals surface area contributed by atoms with Gasteiger partial charge in [0.15, 0.2) is 0 Å². The molecule has 0 aromatic heterocycles. The van der Waals surface area contributed by atoms with E-state index in [2.05, 4.69) is 13.0 Å². The molecule has 0 bridgehead atoms. The van der Waals surface area contributed by atoms with Crippen LogP contribution >= 0.6 is 0 Å². The van der Waals surface area contributed by atoms with Crippen molar-refractivity contribution < 1.29 is 4.74 Å². The lowest BCUT2D eigenvalue weighted by Gasteiger charge is -2.31. The highest BCUT2D eigenvalue weighted by atomic mass is 16.5. The molecule has 3 atom stereocenters. The molecule has 98 valence electrons. The second kappa shape index (κ2) is 6.98. The predicted molar refractivity (Wildman–Crippen MR) is 69.4 cm³/mol. The van der Waals surface area contributed by atoms with Gasteiger partial charge in [0.05, 0.1) is 12.2 Å². The van der Waals surface area contributed by atoms with E-state index in [0.29, 0.717) is 12.5 Å². The van der Waals surface area contributed by atoms with Gasteiger partial charge in [-0.25, -0.2) is 0 Å². The van der Waals surface area contributed by atoms with E-state index in [4.69, 9.17) is 15.7 Å². The molecule has 3 heteroatoms. The zero-order valence-corrected chi connectivity index (χ0v) is 11.2. The van der Waals surface area contributed by atoms with Crippen LogP contribution in [0.4, 0.5) is 0 Å². The molecule has 1 fully saturated rings. The van der Waals surface area contributed by atoms with Crippen LogP contribution in [0.3, 0.4) is 0 Å². The molecule has 1 aliphatic carbocycles. The Morgan fingerprint density at radius 1 is 1.41 bits per heavy atom. The Bertz CT molecular complexity index is 257. The third kappa shape index (κ3) is 5.06. The molecule has 0 aromatic rings. The fourth-order valence-electron chi connectivity index (χ4n) is 2.59. The molecule has 0 aliphatic heterocycles. The predicted octanol–water partition coefficient (Wildman–Crippen LogP) is 2.99. The molecule has 1 saturated carbocycles. The lowest BCUT2D eigenvalue weighted by molar-refractivity contribution is -0.0141. The summed E-state index contributed by atoms with van der Waals surface area (Å²) in [6.07, 6.45) is 8.43. The first-order valence-corrected chi connectivity index (χ1v) is 6.91. The number of nitrogens with zero attached hydrogens (tertiary/aromatic N) is 1. The lowest BCUT2D eigenvalue weighted by Crippen LogP contribution is -2.34. The van der Waals surface area contributed by atoms with E-state index in [-0.39, 0.29) is 0 Å². The van der Waals surface area contributed by atoms with E-state index in [9.17, 15) is 0 Å². The van der Waals surface area contributed by atoms with Gasteiger partial charge in [0.1, 0.15) is 5.54 Å². The second-order valence-corrected chi connectivity index (χ2v) is 5.49. The van der Waals surface area contributed by atoms with Crippen LogP contribution in [-0.4, -0.2) is 18.2 Å². The van der Waals surface area contributed by atoms with Crippen molar-refractivity contribution in [3.05, 3.63) is 0 Å². The molecule has 0 aromatic carbocycles. The van der Waals surface area contributed by atoms with Gasteiger partial charge in [-0.1, -0.05) is 26.2 Å². The molecule has 0 amide bonds. The largest absolute Gasteiger partial charge is 0.378 e. The van der Waals surface area contributed by atoms with Crippen LogP contribution < -0.4 is 5.73 Å². The van der Waals surface area contributed by atoms with Crippen LogP contribution in [0.25, 0.3) is 0 Å². The van der Waals surface area contributed by atoms with Gasteiger partial charge in [-0.2, -0.15) is 5.26 Å². The highest BCUT2D eigenvalue weighted by Crippen LogP contribution is 2.29. The summed E-state index contributed by atoms with van der Waals surface area (Å²) < 4.78 is 5.96. The normalized spacial score (nSPS) is 28.4. The van der Waals surface area contributed by atoms with Crippen LogP contribution in [-0.2, 0) is 4.74 Å². The third-order valence-corrected chi connectivity index (χ3v) is 3.79. The first-order valence-electron chi connectivity index (χ1n) is 6.91. The van der Waals surface area contributed by atoms with Crippen molar-refractivity contribution in [2.75, 3.05) is 6.61 Å². The summed E-state index contributed by atoms with van der Waals surface area (Å²) in [5.74, 6) is 0.740. The van der Waals surface area contributed by atoms with E-state index < -0.39 is 5.54 Å². The van der Waals surface area contributed by atoms with Crippen molar-refractivity contribution in [3.63, 3.8) is 0 Å². The highest BCUT2D eigenvalue weighted by molar-refractivity contribution is 5.00. The molecule has 1 aliphatic rings. The highest BCUT2D eigenvalue weighted by Gasteiger charge is 2.24. The van der Waals surface area contributed by atoms with Crippen LogP contribution in [0.15, 0.2) is 0 Å². The zero-order valence-electron chi connectivity index (χ0n) is 11.2. The van der Waals surface area contributed by atoms with E-state index in [1.54, 1.807) is 6.92 Å². The molecule has 1 rings (SSSR count). The smallest absolute Gasteiger partial charge is 0.101 e. The minimum atomic E-state index is -0.694. The Morgan fingerprint density at radius 2 is 2.12 bits per heavy atom. The quantitative estimate of drug-likeness (QED) is 0.724. The number of hydrogen-bond donors (Lipinski definition) is 1. The molecular weight excluding hydrogens is 212 g/mol. The van der Waals surface area contributed by atoms with Gasteiger partial charge in [-0.3, -0.25) is 0 Å². The van der Waals surface area contributed by atoms with E-state index in [1.807, 2.05) is 0 Å². The third-order valence-electron chi connectivity index (χ3n) is 3.79. The Kier molecular flexibility index (Phi) is 5.94. The van der Waals surface area contributed by atoms with Crippen LogP contribution in [0, 0.1) is 17.2 Å². The fraction of sp³-hybridized carbons (Fsp3) is 0.929. The minimum absolute atomic E-state index is 0.444. The Balaban J connectivity index is 2.19. The Labute approximate surface area is 105 Å². The van der Waals surface area contributed by atoms with E-state index in [1.165, 1.54) is 32.1 Å². The first-order chi connectivity index (χ1) is 8.09. The second-order valence-electron chi connectivity index (χ2n) is 5.49. The van der Waals surface area contributed by atoms with Crippen LogP contribution in [0.5, 0.6) is 0 Å². The molecule has 17 heavy (non-hydrogen) atoms. The standard InChI is InChI=1S/C14H26N2O/c1-3-12-7-4-5-8-13(12)17-10-6-9-14(2,16)11-15/h12-13H,3-10,16H2,1-2H3. The van der Waals surface area contributed by atoms with Crippen molar-refractivity contribution in [2.45, 2.75) is 70.4 Å². The number of ether oxygens (including phenoxy) is 1. The summed E-state index contributed by atoms with van der Waals surface area (Å²) in [6.45, 7) is 4.77. The Morgan fingerprint density at radius 3 is 2.76 bits per heavy atom. The average Bonchev–Trinajstić information content (AvgIpc) is 2.35. The van der Waals surface area contributed by atoms with Crippen molar-refractivity contribution in [1.29, 1.82) is 5.26 Å². The first kappa shape index (κ1) is 14.5. The van der Waals surface area contributed by atoms with Crippen molar-refractivity contribution >= 4 is 0 Å². The van der Waals surface area contributed by atoms with Crippen LogP contribution in [0.1, 0.15) is 58.8 Å². The summed E-state index contributed by atoms with van der Waals surface area (Å²) in [7, 11) is 0. The molecule has 0 heterocycles. The van der Waals surface area contributed by atoms with E-state index in [0.717, 1.165) is 18.9 Å². The summed E-state index contributed by atoms with van der Waals surface area (Å²) in [5.41, 5.74) is 5.08. The lowest BCUT2D eigenvalue weighted by atomic mass is 9.85. The van der Waals surface area contributed by atoms with Crippen molar-refractivity contribution in [3.8, 4) is 6.07 Å². The maximum atomic E-state index is 8.81. The Hall–Kier alpha value is -0.590. The average molecular weight is 238 g/mol. The number of nitriles is 1. The van der Waals surface area contributed by atoms with Gasteiger partial charge >= 0.3 is 0 Å².